The zero-order valence-corrected chi connectivity index (χ0v) is 18.2. The van der Waals surface area contributed by atoms with Crippen molar-refractivity contribution >= 4 is 39.2 Å². The van der Waals surface area contributed by atoms with Crippen LogP contribution in [-0.4, -0.2) is 42.5 Å². The second kappa shape index (κ2) is 9.56. The lowest BCUT2D eigenvalue weighted by Crippen LogP contribution is -2.30. The van der Waals surface area contributed by atoms with Crippen LogP contribution >= 0.6 is 11.3 Å². The molecule has 31 heavy (non-hydrogen) atoms. The summed E-state index contributed by atoms with van der Waals surface area (Å²) < 4.78 is 42.6. The number of hydrogen-bond donors (Lipinski definition) is 3. The van der Waals surface area contributed by atoms with Crippen molar-refractivity contribution in [2.45, 2.75) is 31.9 Å². The summed E-state index contributed by atoms with van der Waals surface area (Å²) in [6.07, 6.45) is -0.565. The van der Waals surface area contributed by atoms with E-state index in [1.165, 1.54) is 23.5 Å². The van der Waals surface area contributed by atoms with Gasteiger partial charge in [0.1, 0.15) is 11.1 Å². The van der Waals surface area contributed by atoms with Gasteiger partial charge in [0, 0.05) is 5.38 Å². The summed E-state index contributed by atoms with van der Waals surface area (Å²) in [5.41, 5.74) is 1.55. The molecule has 0 aliphatic carbocycles. The lowest BCUT2D eigenvalue weighted by Gasteiger charge is -2.17. The summed E-state index contributed by atoms with van der Waals surface area (Å²) in [5.74, 6) is 0.191. The molecule has 1 unspecified atom stereocenters. The Labute approximate surface area is 183 Å². The van der Waals surface area contributed by atoms with Gasteiger partial charge >= 0.3 is 16.4 Å². The van der Waals surface area contributed by atoms with E-state index < -0.39 is 22.4 Å². The molecule has 2 heterocycles. The Morgan fingerprint density at radius 3 is 2.65 bits per heavy atom. The lowest BCUT2D eigenvalue weighted by atomic mass is 10.1. The van der Waals surface area contributed by atoms with Crippen LogP contribution in [-0.2, 0) is 37.4 Å². The van der Waals surface area contributed by atoms with Gasteiger partial charge in [0.15, 0.2) is 5.78 Å². The van der Waals surface area contributed by atoms with Crippen molar-refractivity contribution < 1.29 is 32.0 Å². The third-order valence-electron chi connectivity index (χ3n) is 4.12. The van der Waals surface area contributed by atoms with Crippen LogP contribution in [0.4, 0.5) is 10.5 Å². The fourth-order valence-electron chi connectivity index (χ4n) is 2.71. The number of hydrogen-bond acceptors (Lipinski definition) is 8. The lowest BCUT2D eigenvalue weighted by molar-refractivity contribution is -0.119. The summed E-state index contributed by atoms with van der Waals surface area (Å²) in [5, 5.41) is 5.07. The maximum Gasteiger partial charge on any atom is 0.412 e. The zero-order valence-electron chi connectivity index (χ0n) is 16.5. The summed E-state index contributed by atoms with van der Waals surface area (Å²) in [7, 11) is -4.37. The molecule has 0 radical (unpaired) electrons. The van der Waals surface area contributed by atoms with Gasteiger partial charge in [-0.05, 0) is 31.0 Å². The van der Waals surface area contributed by atoms with Crippen LogP contribution in [0.15, 0.2) is 42.0 Å². The van der Waals surface area contributed by atoms with Crippen molar-refractivity contribution in [3.8, 4) is 0 Å². The number of anilines is 1. The van der Waals surface area contributed by atoms with Crippen LogP contribution < -0.4 is 10.0 Å². The number of ketones is 1. The highest BCUT2D eigenvalue weighted by Gasteiger charge is 2.31. The number of nitrogens with one attached hydrogen (secondary N) is 2. The predicted molar refractivity (Wildman–Crippen MR) is 113 cm³/mol. The summed E-state index contributed by atoms with van der Waals surface area (Å²) >= 11 is 1.30. The molecule has 1 aliphatic rings. The molecule has 0 bridgehead atoms. The first-order valence-electron chi connectivity index (χ1n) is 9.15. The largest absolute Gasteiger partial charge is 0.416 e. The number of epoxide rings is 1. The number of carbonyl (C=O) groups is 2. The Morgan fingerprint density at radius 1 is 1.39 bits per heavy atom. The van der Waals surface area contributed by atoms with Crippen LogP contribution in [0, 0.1) is 0 Å². The minimum absolute atomic E-state index is 0.0371. The first kappa shape index (κ1) is 22.9. The van der Waals surface area contributed by atoms with Gasteiger partial charge in [-0.2, -0.15) is 8.42 Å². The van der Waals surface area contributed by atoms with Gasteiger partial charge in [0.25, 0.3) is 0 Å². The van der Waals surface area contributed by atoms with Crippen LogP contribution in [0.25, 0.3) is 0 Å². The average molecular weight is 468 g/mol. The Bertz CT molecular complexity index is 1080. The molecule has 12 heteroatoms. The number of amides is 1. The molecule has 1 amide bonds. The first-order valence-corrected chi connectivity index (χ1v) is 11.5. The van der Waals surface area contributed by atoms with Gasteiger partial charge in [-0.3, -0.25) is 14.1 Å². The van der Waals surface area contributed by atoms with E-state index in [0.29, 0.717) is 23.7 Å². The molecule has 1 saturated heterocycles. The fraction of sp³-hybridized carbons (Fsp3) is 0.316. The molecule has 1 aromatic carbocycles. The summed E-state index contributed by atoms with van der Waals surface area (Å²) in [4.78, 5) is 28.6. The predicted octanol–water partition coefficient (Wildman–Crippen LogP) is 2.41. The quantitative estimate of drug-likeness (QED) is 0.274. The van der Waals surface area contributed by atoms with Crippen LogP contribution in [0.1, 0.15) is 29.2 Å². The van der Waals surface area contributed by atoms with Crippen molar-refractivity contribution in [3.63, 3.8) is 0 Å². The highest BCUT2D eigenvalue weighted by Crippen LogP contribution is 2.25. The highest BCUT2D eigenvalue weighted by molar-refractivity contribution is 7.87. The van der Waals surface area contributed by atoms with E-state index in [2.05, 4.69) is 16.9 Å². The number of Topliss-reactive ketones (excluding diaryl/α,β-unsaturated/α-hetero) is 1. The molecule has 166 valence electrons. The number of rotatable bonds is 10. The van der Waals surface area contributed by atoms with E-state index in [0.717, 1.165) is 5.56 Å². The SMILES string of the molecule is C=C(C)OC(=O)N[C@@H](Cc1ccc(NS(=O)(=O)O)cc1)c1nc(CC(=O)C2CO2)cs1. The average Bonchev–Trinajstić information content (AvgIpc) is 3.41. The number of alkyl carbamates (subject to hydrolysis) is 1. The minimum atomic E-state index is -4.37. The molecule has 2 atom stereocenters. The molecule has 2 aromatic rings. The monoisotopic (exact) mass is 467 g/mol. The van der Waals surface area contributed by atoms with E-state index in [9.17, 15) is 18.0 Å². The van der Waals surface area contributed by atoms with Gasteiger partial charge in [0.05, 0.1) is 36.2 Å². The smallest absolute Gasteiger partial charge is 0.412 e. The molecule has 1 aliphatic heterocycles. The number of carbonyl (C=O) groups excluding carboxylic acids is 2. The minimum Gasteiger partial charge on any atom is -0.416 e. The number of nitrogens with zero attached hydrogens (tertiary/aromatic N) is 1. The van der Waals surface area contributed by atoms with Gasteiger partial charge in [-0.25, -0.2) is 9.78 Å². The second-order valence-electron chi connectivity index (χ2n) is 6.91. The molecule has 3 N–H and O–H groups in total. The third-order valence-corrected chi connectivity index (χ3v) is 5.62. The topological polar surface area (TPSA) is 147 Å². The molecular formula is C19H21N3O7S2. The van der Waals surface area contributed by atoms with Crippen molar-refractivity contribution in [1.29, 1.82) is 0 Å². The normalized spacial score (nSPS) is 16.3. The van der Waals surface area contributed by atoms with Crippen molar-refractivity contribution in [3.05, 3.63) is 58.2 Å². The zero-order chi connectivity index (χ0) is 22.6. The summed E-state index contributed by atoms with van der Waals surface area (Å²) in [6.45, 7) is 5.52. The molecule has 0 saturated carbocycles. The van der Waals surface area contributed by atoms with Gasteiger partial charge in [0.2, 0.25) is 0 Å². The van der Waals surface area contributed by atoms with E-state index in [1.807, 2.05) is 4.72 Å². The van der Waals surface area contributed by atoms with E-state index in [-0.39, 0.29) is 29.8 Å². The standard InChI is InChI=1S/C19H21N3O7S2/c1-11(2)29-19(24)21-15(7-12-3-5-13(6-4-12)22-31(25,26)27)18-20-14(10-30-18)8-16(23)17-9-28-17/h3-6,10,15,17,22H,1,7-9H2,2H3,(H,21,24)(H,25,26,27)/t15-,17?/m0/s1. The number of benzene rings is 1. The molecule has 10 nitrogen and oxygen atoms in total. The third kappa shape index (κ3) is 7.43. The molecule has 0 spiro atoms. The Hall–Kier alpha value is -2.80. The maximum atomic E-state index is 12.1. The number of allylic oxidation sites excluding steroid dienone is 1. The van der Waals surface area contributed by atoms with E-state index in [4.69, 9.17) is 14.0 Å². The van der Waals surface area contributed by atoms with Crippen molar-refractivity contribution in [2.24, 2.45) is 0 Å². The summed E-state index contributed by atoms with van der Waals surface area (Å²) in [6, 6.07) is 5.70. The van der Waals surface area contributed by atoms with E-state index >= 15 is 0 Å². The fourth-order valence-corrected chi connectivity index (χ4v) is 4.02. The van der Waals surface area contributed by atoms with E-state index in [1.54, 1.807) is 24.4 Å². The second-order valence-corrected chi connectivity index (χ2v) is 8.95. The molecule has 1 fully saturated rings. The van der Waals surface area contributed by atoms with Gasteiger partial charge in [-0.1, -0.05) is 18.7 Å². The number of ether oxygens (including phenoxy) is 2. The van der Waals surface area contributed by atoms with Crippen LogP contribution in [0.3, 0.4) is 0 Å². The van der Waals surface area contributed by atoms with Crippen LogP contribution in [0.2, 0.25) is 0 Å². The van der Waals surface area contributed by atoms with Gasteiger partial charge < -0.3 is 14.8 Å². The van der Waals surface area contributed by atoms with Crippen LogP contribution in [0.5, 0.6) is 0 Å². The maximum absolute atomic E-state index is 12.1. The van der Waals surface area contributed by atoms with Crippen molar-refractivity contribution in [2.75, 3.05) is 11.3 Å². The molecule has 3 rings (SSSR count). The Balaban J connectivity index is 1.74. The number of thiazole rings is 1. The molecular weight excluding hydrogens is 446 g/mol. The first-order chi connectivity index (χ1) is 14.6. The number of aromatic nitrogens is 1. The highest BCUT2D eigenvalue weighted by atomic mass is 32.2. The Kier molecular flexibility index (Phi) is 7.05. The van der Waals surface area contributed by atoms with Gasteiger partial charge in [-0.15, -0.1) is 11.3 Å². The molecule has 1 aromatic heterocycles. The Morgan fingerprint density at radius 2 is 2.06 bits per heavy atom. The van der Waals surface area contributed by atoms with Crippen molar-refractivity contribution in [1.82, 2.24) is 10.3 Å².